The summed E-state index contributed by atoms with van der Waals surface area (Å²) in [7, 11) is 0. The first-order chi connectivity index (χ1) is 8.34. The Hall–Kier alpha value is -2.42. The molecule has 1 aromatic heterocycles. The molecule has 3 nitrogen and oxygen atoms in total. The number of aromatic nitrogens is 1. The number of hydrogen-bond donors (Lipinski definition) is 0. The van der Waals surface area contributed by atoms with Crippen LogP contribution in [0.3, 0.4) is 0 Å². The molecule has 3 rings (SSSR count). The zero-order valence-corrected chi connectivity index (χ0v) is 9.08. The van der Waals surface area contributed by atoms with Gasteiger partial charge in [0.25, 0.3) is 0 Å². The molecule has 0 aliphatic heterocycles. The van der Waals surface area contributed by atoms with Gasteiger partial charge in [-0.3, -0.25) is 4.79 Å². The highest BCUT2D eigenvalue weighted by Crippen LogP contribution is 2.17. The van der Waals surface area contributed by atoms with Crippen LogP contribution in [0, 0.1) is 0 Å². The largest absolute Gasteiger partial charge is 0.289 e. The van der Waals surface area contributed by atoms with Crippen molar-refractivity contribution in [1.82, 2.24) is 4.68 Å². The molecule has 3 heteroatoms. The van der Waals surface area contributed by atoms with Crippen LogP contribution < -0.4 is 0 Å². The predicted octanol–water partition coefficient (Wildman–Crippen LogP) is 2.49. The van der Waals surface area contributed by atoms with Crippen LogP contribution in [0.1, 0.15) is 15.9 Å². The average molecular weight is 222 g/mol. The molecule has 0 unspecified atom stereocenters. The zero-order chi connectivity index (χ0) is 11.7. The molecule has 0 atom stereocenters. The van der Waals surface area contributed by atoms with E-state index in [9.17, 15) is 4.79 Å². The first-order valence-electron chi connectivity index (χ1n) is 5.38. The summed E-state index contributed by atoms with van der Waals surface area (Å²) in [5.41, 5.74) is 2.39. The lowest BCUT2D eigenvalue weighted by atomic mass is 9.94. The minimum atomic E-state index is 0.0343. The molecule has 1 aromatic carbocycles. The Kier molecular flexibility index (Phi) is 2.22. The van der Waals surface area contributed by atoms with E-state index in [4.69, 9.17) is 0 Å². The van der Waals surface area contributed by atoms with Crippen molar-refractivity contribution in [2.45, 2.75) is 0 Å². The van der Waals surface area contributed by atoms with Crippen molar-refractivity contribution in [3.05, 3.63) is 72.1 Å². The van der Waals surface area contributed by atoms with Crippen molar-refractivity contribution in [3.8, 4) is 0 Å². The second-order valence-electron chi connectivity index (χ2n) is 3.79. The number of fused-ring (bicyclic) bond motifs is 1. The van der Waals surface area contributed by atoms with Gasteiger partial charge in [-0.2, -0.15) is 5.10 Å². The summed E-state index contributed by atoms with van der Waals surface area (Å²) in [5, 5.41) is 4.45. The van der Waals surface area contributed by atoms with Gasteiger partial charge in [0.15, 0.2) is 5.78 Å². The van der Waals surface area contributed by atoms with E-state index < -0.39 is 0 Å². The number of nitrogens with zero attached hydrogens (tertiary/aromatic N) is 2. The van der Waals surface area contributed by atoms with Crippen LogP contribution in [-0.2, 0) is 0 Å². The normalized spacial score (nSPS) is 16.2. The van der Waals surface area contributed by atoms with Gasteiger partial charge >= 0.3 is 0 Å². The molecule has 1 aliphatic carbocycles. The second kappa shape index (κ2) is 3.87. The van der Waals surface area contributed by atoms with Gasteiger partial charge in [-0.1, -0.05) is 24.3 Å². The number of carbonyl (C=O) groups is 1. The van der Waals surface area contributed by atoms with Gasteiger partial charge in [-0.05, 0) is 24.3 Å². The van der Waals surface area contributed by atoms with Crippen molar-refractivity contribution < 1.29 is 4.79 Å². The Balaban J connectivity index is 2.14. The first-order valence-corrected chi connectivity index (χ1v) is 5.38. The van der Waals surface area contributed by atoms with E-state index in [0.717, 1.165) is 11.3 Å². The van der Waals surface area contributed by atoms with E-state index in [1.807, 2.05) is 48.8 Å². The quantitative estimate of drug-likeness (QED) is 0.730. The Bertz CT molecular complexity index is 621. The summed E-state index contributed by atoms with van der Waals surface area (Å²) in [4.78, 5) is 11.7. The number of ketones is 1. The Morgan fingerprint density at radius 2 is 1.59 bits per heavy atom. The molecule has 0 bridgehead atoms. The minimum absolute atomic E-state index is 0.0343. The van der Waals surface area contributed by atoms with Gasteiger partial charge in [0, 0.05) is 23.5 Å². The van der Waals surface area contributed by atoms with Gasteiger partial charge in [0.1, 0.15) is 0 Å². The van der Waals surface area contributed by atoms with E-state index in [1.54, 1.807) is 16.8 Å². The first kappa shape index (κ1) is 9.78. The Morgan fingerprint density at radius 3 is 2.35 bits per heavy atom. The fourth-order valence-electron chi connectivity index (χ4n) is 1.86. The van der Waals surface area contributed by atoms with Crippen LogP contribution in [-0.4, -0.2) is 16.2 Å². The lowest BCUT2D eigenvalue weighted by Crippen LogP contribution is -2.13. The molecule has 0 N–H and O–H groups in total. The van der Waals surface area contributed by atoms with Crippen molar-refractivity contribution >= 4 is 11.5 Å². The molecule has 0 fully saturated rings. The number of carbonyl (C=O) groups excluding carboxylic acids is 1. The summed E-state index contributed by atoms with van der Waals surface area (Å²) >= 11 is 0. The van der Waals surface area contributed by atoms with Crippen LogP contribution in [0.15, 0.2) is 66.0 Å². The van der Waals surface area contributed by atoms with Crippen molar-refractivity contribution in [2.24, 2.45) is 5.10 Å². The molecule has 82 valence electrons. The topological polar surface area (TPSA) is 34.4 Å². The van der Waals surface area contributed by atoms with E-state index >= 15 is 0 Å². The predicted molar refractivity (Wildman–Crippen MR) is 66.3 cm³/mol. The summed E-state index contributed by atoms with van der Waals surface area (Å²) in [6.07, 6.45) is 7.04. The smallest absolute Gasteiger partial charge is 0.186 e. The van der Waals surface area contributed by atoms with Gasteiger partial charge in [0.05, 0.1) is 5.71 Å². The van der Waals surface area contributed by atoms with Crippen molar-refractivity contribution in [2.75, 3.05) is 0 Å². The van der Waals surface area contributed by atoms with Gasteiger partial charge in [-0.25, -0.2) is 4.68 Å². The van der Waals surface area contributed by atoms with Crippen LogP contribution in [0.2, 0.25) is 0 Å². The number of benzene rings is 1. The van der Waals surface area contributed by atoms with Crippen molar-refractivity contribution in [3.63, 3.8) is 0 Å². The van der Waals surface area contributed by atoms with Crippen LogP contribution in [0.25, 0.3) is 0 Å². The monoisotopic (exact) mass is 222 g/mol. The molecule has 0 saturated heterocycles. The Labute approximate surface area is 98.7 Å². The molecule has 1 aliphatic rings. The molecule has 1 heterocycles. The van der Waals surface area contributed by atoms with Gasteiger partial charge < -0.3 is 0 Å². The summed E-state index contributed by atoms with van der Waals surface area (Å²) in [6, 6.07) is 11.3. The van der Waals surface area contributed by atoms with Crippen molar-refractivity contribution in [1.29, 1.82) is 0 Å². The maximum atomic E-state index is 11.7. The minimum Gasteiger partial charge on any atom is -0.289 e. The maximum absolute atomic E-state index is 11.7. The van der Waals surface area contributed by atoms with Gasteiger partial charge in [-0.15, -0.1) is 0 Å². The summed E-state index contributed by atoms with van der Waals surface area (Å²) < 4.78 is 1.73. The maximum Gasteiger partial charge on any atom is 0.186 e. The lowest BCUT2D eigenvalue weighted by molar-refractivity contribution is 0.104. The standard InChI is InChI=1S/C14H10N2O/c17-14-8-7-13(15-16-9-3-4-10-16)11-5-1-2-6-12(11)14/h1-10H/b15-13-. The van der Waals surface area contributed by atoms with Crippen LogP contribution in [0.4, 0.5) is 0 Å². The molecule has 0 saturated carbocycles. The molecule has 2 aromatic rings. The van der Waals surface area contributed by atoms with E-state index in [0.29, 0.717) is 5.56 Å². The second-order valence-corrected chi connectivity index (χ2v) is 3.79. The van der Waals surface area contributed by atoms with E-state index in [-0.39, 0.29) is 5.78 Å². The third-order valence-corrected chi connectivity index (χ3v) is 2.67. The average Bonchev–Trinajstić information content (AvgIpc) is 2.86. The van der Waals surface area contributed by atoms with Crippen LogP contribution >= 0.6 is 0 Å². The molecule has 0 radical (unpaired) electrons. The highest BCUT2D eigenvalue weighted by atomic mass is 16.1. The number of rotatable bonds is 1. The SMILES string of the molecule is O=C1C=C/C(=N/n2cccc2)c2ccccc21. The third-order valence-electron chi connectivity index (χ3n) is 2.67. The van der Waals surface area contributed by atoms with Gasteiger partial charge in [0.2, 0.25) is 0 Å². The fourth-order valence-corrected chi connectivity index (χ4v) is 1.86. The third kappa shape index (κ3) is 1.72. The Morgan fingerprint density at radius 1 is 0.882 bits per heavy atom. The summed E-state index contributed by atoms with van der Waals surface area (Å²) in [5.74, 6) is 0.0343. The highest BCUT2D eigenvalue weighted by Gasteiger charge is 2.16. The fraction of sp³-hybridized carbons (Fsp3) is 0. The van der Waals surface area contributed by atoms with E-state index in [1.165, 1.54) is 0 Å². The lowest BCUT2D eigenvalue weighted by Gasteiger charge is -2.11. The number of hydrogen-bond acceptors (Lipinski definition) is 2. The molecular formula is C14H10N2O. The van der Waals surface area contributed by atoms with E-state index in [2.05, 4.69) is 5.10 Å². The molecule has 17 heavy (non-hydrogen) atoms. The highest BCUT2D eigenvalue weighted by molar-refractivity contribution is 6.23. The molecular weight excluding hydrogens is 212 g/mol. The number of allylic oxidation sites excluding steroid dienone is 2. The molecule has 0 amide bonds. The molecule has 0 spiro atoms. The summed E-state index contributed by atoms with van der Waals surface area (Å²) in [6.45, 7) is 0. The zero-order valence-electron chi connectivity index (χ0n) is 9.08. The van der Waals surface area contributed by atoms with Crippen LogP contribution in [0.5, 0.6) is 0 Å².